The SMILES string of the molecule is CC1CCCC(CN=C(N(C)C)N(C)C)C1.I. The number of hydrogen-bond donors (Lipinski definition) is 0. The zero-order chi connectivity index (χ0) is 12.1. The van der Waals surface area contributed by atoms with Crippen LogP contribution in [0, 0.1) is 11.8 Å². The average molecular weight is 353 g/mol. The molecule has 0 spiro atoms. The lowest BCUT2D eigenvalue weighted by atomic mass is 9.82. The Bertz CT molecular complexity index is 229. The van der Waals surface area contributed by atoms with Crippen LogP contribution in [0.2, 0.25) is 0 Å². The highest BCUT2D eigenvalue weighted by atomic mass is 127. The van der Waals surface area contributed by atoms with Crippen molar-refractivity contribution in [1.82, 2.24) is 9.80 Å². The molecule has 1 saturated carbocycles. The van der Waals surface area contributed by atoms with Gasteiger partial charge in [-0.3, -0.25) is 4.99 Å². The normalized spacial score (nSPS) is 23.6. The second-order valence-electron chi connectivity index (χ2n) is 5.57. The predicted octanol–water partition coefficient (Wildman–Crippen LogP) is 2.91. The molecule has 0 N–H and O–H groups in total. The van der Waals surface area contributed by atoms with Crippen LogP contribution < -0.4 is 0 Å². The molecule has 3 nitrogen and oxygen atoms in total. The summed E-state index contributed by atoms with van der Waals surface area (Å²) in [6.07, 6.45) is 5.52. The van der Waals surface area contributed by atoms with Gasteiger partial charge in [-0.2, -0.15) is 0 Å². The van der Waals surface area contributed by atoms with Crippen LogP contribution in [0.1, 0.15) is 32.6 Å². The summed E-state index contributed by atoms with van der Waals surface area (Å²) >= 11 is 0. The zero-order valence-electron chi connectivity index (χ0n) is 11.9. The lowest BCUT2D eigenvalue weighted by molar-refractivity contribution is 0.287. The van der Waals surface area contributed by atoms with E-state index in [0.29, 0.717) is 0 Å². The Hall–Kier alpha value is 0. The van der Waals surface area contributed by atoms with Crippen LogP contribution in [0.25, 0.3) is 0 Å². The number of rotatable bonds is 2. The highest BCUT2D eigenvalue weighted by Gasteiger charge is 2.18. The molecule has 0 aromatic carbocycles. The minimum atomic E-state index is 0. The largest absolute Gasteiger partial charge is 0.349 e. The van der Waals surface area contributed by atoms with Crippen molar-refractivity contribution in [3.8, 4) is 0 Å². The molecule has 17 heavy (non-hydrogen) atoms. The van der Waals surface area contributed by atoms with Crippen LogP contribution in [0.4, 0.5) is 0 Å². The Morgan fingerprint density at radius 2 is 1.71 bits per heavy atom. The number of hydrogen-bond acceptors (Lipinski definition) is 1. The summed E-state index contributed by atoms with van der Waals surface area (Å²) in [5.41, 5.74) is 0. The second-order valence-corrected chi connectivity index (χ2v) is 5.57. The molecule has 2 atom stereocenters. The average Bonchev–Trinajstić information content (AvgIpc) is 2.16. The molecule has 0 aromatic rings. The summed E-state index contributed by atoms with van der Waals surface area (Å²) in [7, 11) is 8.23. The first-order valence-corrected chi connectivity index (χ1v) is 6.39. The van der Waals surface area contributed by atoms with Gasteiger partial charge in [0.05, 0.1) is 0 Å². The van der Waals surface area contributed by atoms with E-state index in [2.05, 4.69) is 44.9 Å². The molecule has 1 aliphatic rings. The van der Waals surface area contributed by atoms with E-state index in [4.69, 9.17) is 4.99 Å². The molecule has 1 fully saturated rings. The third-order valence-electron chi connectivity index (χ3n) is 3.34. The molecule has 0 saturated heterocycles. The Balaban J connectivity index is 0.00000256. The van der Waals surface area contributed by atoms with Gasteiger partial charge in [0.15, 0.2) is 5.96 Å². The Labute approximate surface area is 124 Å². The fourth-order valence-corrected chi connectivity index (χ4v) is 2.62. The second kappa shape index (κ2) is 8.16. The lowest BCUT2D eigenvalue weighted by Crippen LogP contribution is -2.36. The van der Waals surface area contributed by atoms with Crippen LogP contribution in [0.5, 0.6) is 0 Å². The van der Waals surface area contributed by atoms with Crippen molar-refractivity contribution >= 4 is 29.9 Å². The van der Waals surface area contributed by atoms with E-state index in [1.807, 2.05) is 0 Å². The van der Waals surface area contributed by atoms with Gasteiger partial charge in [0.2, 0.25) is 0 Å². The van der Waals surface area contributed by atoms with Gasteiger partial charge in [-0.25, -0.2) is 0 Å². The lowest BCUT2D eigenvalue weighted by Gasteiger charge is -2.27. The Kier molecular flexibility index (Phi) is 8.16. The van der Waals surface area contributed by atoms with E-state index in [1.165, 1.54) is 25.7 Å². The molecule has 0 aliphatic heterocycles. The fourth-order valence-electron chi connectivity index (χ4n) is 2.62. The van der Waals surface area contributed by atoms with Gasteiger partial charge >= 0.3 is 0 Å². The van der Waals surface area contributed by atoms with Crippen LogP contribution in [-0.2, 0) is 0 Å². The van der Waals surface area contributed by atoms with E-state index in [1.54, 1.807) is 0 Å². The van der Waals surface area contributed by atoms with Crippen molar-refractivity contribution in [3.63, 3.8) is 0 Å². The Morgan fingerprint density at radius 1 is 1.12 bits per heavy atom. The van der Waals surface area contributed by atoms with Crippen LogP contribution in [-0.4, -0.2) is 50.5 Å². The number of nitrogens with zero attached hydrogens (tertiary/aromatic N) is 3. The molecule has 1 rings (SSSR count). The van der Waals surface area contributed by atoms with Crippen molar-refractivity contribution in [3.05, 3.63) is 0 Å². The van der Waals surface area contributed by atoms with Gasteiger partial charge in [-0.1, -0.05) is 19.8 Å². The van der Waals surface area contributed by atoms with Crippen LogP contribution in [0.3, 0.4) is 0 Å². The summed E-state index contributed by atoms with van der Waals surface area (Å²) in [5.74, 6) is 2.79. The summed E-state index contributed by atoms with van der Waals surface area (Å²) in [6.45, 7) is 3.37. The molecule has 102 valence electrons. The third-order valence-corrected chi connectivity index (χ3v) is 3.34. The number of halogens is 1. The van der Waals surface area contributed by atoms with Gasteiger partial charge in [0.25, 0.3) is 0 Å². The molecule has 2 unspecified atom stereocenters. The highest BCUT2D eigenvalue weighted by molar-refractivity contribution is 14.0. The minimum absolute atomic E-state index is 0. The first-order valence-electron chi connectivity index (χ1n) is 6.39. The smallest absolute Gasteiger partial charge is 0.195 e. The maximum absolute atomic E-state index is 4.75. The molecule has 1 aliphatic carbocycles. The van der Waals surface area contributed by atoms with Crippen LogP contribution in [0.15, 0.2) is 4.99 Å². The number of aliphatic imine (C=N–C) groups is 1. The molecule has 4 heteroatoms. The fraction of sp³-hybridized carbons (Fsp3) is 0.923. The van der Waals surface area contributed by atoms with E-state index >= 15 is 0 Å². The topological polar surface area (TPSA) is 18.8 Å². The van der Waals surface area contributed by atoms with Gasteiger partial charge in [0, 0.05) is 34.7 Å². The maximum atomic E-state index is 4.75. The molecule has 0 radical (unpaired) electrons. The summed E-state index contributed by atoms with van der Waals surface area (Å²) < 4.78 is 0. The van der Waals surface area contributed by atoms with Gasteiger partial charge in [-0.15, -0.1) is 24.0 Å². The molecule has 0 heterocycles. The summed E-state index contributed by atoms with van der Waals surface area (Å²) in [6, 6.07) is 0. The molecular formula is C13H28IN3. The van der Waals surface area contributed by atoms with Crippen molar-refractivity contribution in [2.75, 3.05) is 34.7 Å². The first kappa shape index (κ1) is 17.0. The van der Waals surface area contributed by atoms with Gasteiger partial charge in [-0.05, 0) is 24.7 Å². The third kappa shape index (κ3) is 5.93. The highest BCUT2D eigenvalue weighted by Crippen LogP contribution is 2.28. The summed E-state index contributed by atoms with van der Waals surface area (Å²) in [4.78, 5) is 8.93. The monoisotopic (exact) mass is 353 g/mol. The maximum Gasteiger partial charge on any atom is 0.195 e. The molecule has 0 amide bonds. The number of guanidine groups is 1. The summed E-state index contributed by atoms with van der Waals surface area (Å²) in [5, 5.41) is 0. The quantitative estimate of drug-likeness (QED) is 0.432. The Morgan fingerprint density at radius 3 is 2.18 bits per heavy atom. The van der Waals surface area contributed by atoms with Crippen molar-refractivity contribution in [2.45, 2.75) is 32.6 Å². The zero-order valence-corrected chi connectivity index (χ0v) is 14.3. The first-order chi connectivity index (χ1) is 7.50. The van der Waals surface area contributed by atoms with E-state index in [9.17, 15) is 0 Å². The van der Waals surface area contributed by atoms with Crippen molar-refractivity contribution in [1.29, 1.82) is 0 Å². The van der Waals surface area contributed by atoms with Crippen molar-refractivity contribution < 1.29 is 0 Å². The van der Waals surface area contributed by atoms with E-state index in [0.717, 1.165) is 24.3 Å². The minimum Gasteiger partial charge on any atom is -0.349 e. The van der Waals surface area contributed by atoms with Gasteiger partial charge in [0.1, 0.15) is 0 Å². The molecule has 0 bridgehead atoms. The van der Waals surface area contributed by atoms with Crippen LogP contribution >= 0.6 is 24.0 Å². The van der Waals surface area contributed by atoms with Gasteiger partial charge < -0.3 is 9.80 Å². The van der Waals surface area contributed by atoms with Crippen molar-refractivity contribution in [2.24, 2.45) is 16.8 Å². The van der Waals surface area contributed by atoms with E-state index < -0.39 is 0 Å². The molecular weight excluding hydrogens is 325 g/mol. The molecule has 0 aromatic heterocycles. The standard InChI is InChI=1S/C13H27N3.HI/c1-11-7-6-8-12(9-11)10-14-13(15(2)3)16(4)5;/h11-12H,6-10H2,1-5H3;1H. The predicted molar refractivity (Wildman–Crippen MR) is 86.2 cm³/mol. The van der Waals surface area contributed by atoms with E-state index in [-0.39, 0.29) is 24.0 Å².